The van der Waals surface area contributed by atoms with Crippen molar-refractivity contribution in [2.75, 3.05) is 6.61 Å². The molecule has 0 saturated heterocycles. The third-order valence-corrected chi connectivity index (χ3v) is 2.20. The Bertz CT molecular complexity index is 495. The summed E-state index contributed by atoms with van der Waals surface area (Å²) in [6.45, 7) is 1.71. The lowest BCUT2D eigenvalue weighted by Gasteiger charge is -2.08. The number of rotatable bonds is 4. The molecule has 6 heteroatoms. The number of hydrogen-bond donors (Lipinski definition) is 0. The number of benzene rings is 1. The van der Waals surface area contributed by atoms with E-state index in [9.17, 15) is 18.0 Å². The molecule has 0 aliphatic heterocycles. The molecule has 0 aliphatic rings. The summed E-state index contributed by atoms with van der Waals surface area (Å²) in [6.07, 6.45) is -3.28. The molecule has 0 atom stereocenters. The summed E-state index contributed by atoms with van der Waals surface area (Å²) in [6, 6.07) is 3.09. The van der Waals surface area contributed by atoms with Gasteiger partial charge in [0.15, 0.2) is 0 Å². The molecule has 0 aromatic heterocycles. The van der Waals surface area contributed by atoms with Crippen molar-refractivity contribution in [3.8, 4) is 6.07 Å². The number of carbonyl (C=O) groups excluding carboxylic acids is 1. The number of nitrogens with zero attached hydrogens (tertiary/aromatic N) is 1. The highest BCUT2D eigenvalue weighted by molar-refractivity contribution is 5.73. The van der Waals surface area contributed by atoms with Crippen LogP contribution in [0, 0.1) is 17.1 Å². The second-order valence-electron chi connectivity index (χ2n) is 3.43. The van der Waals surface area contributed by atoms with E-state index in [4.69, 9.17) is 5.26 Å². The van der Waals surface area contributed by atoms with E-state index >= 15 is 0 Å². The lowest BCUT2D eigenvalue weighted by molar-refractivity contribution is -0.142. The van der Waals surface area contributed by atoms with Crippen LogP contribution in [-0.2, 0) is 16.0 Å². The summed E-state index contributed by atoms with van der Waals surface area (Å²) >= 11 is 0. The molecule has 0 radical (unpaired) electrons. The minimum absolute atomic E-state index is 0.0914. The summed E-state index contributed by atoms with van der Waals surface area (Å²) in [5.41, 5.74) is -1.07. The molecule has 0 N–H and O–H groups in total. The Balaban J connectivity index is 3.15. The number of nitriles is 1. The Morgan fingerprint density at radius 1 is 1.50 bits per heavy atom. The van der Waals surface area contributed by atoms with Crippen molar-refractivity contribution in [3.05, 3.63) is 34.6 Å². The van der Waals surface area contributed by atoms with E-state index < -0.39 is 35.8 Å². The van der Waals surface area contributed by atoms with Gasteiger partial charge in [-0.1, -0.05) is 0 Å². The lowest BCUT2D eigenvalue weighted by atomic mass is 10.0. The first-order valence-electron chi connectivity index (χ1n) is 5.15. The molecule has 0 heterocycles. The largest absolute Gasteiger partial charge is 0.466 e. The van der Waals surface area contributed by atoms with Crippen molar-refractivity contribution in [2.24, 2.45) is 0 Å². The molecule has 0 fully saturated rings. The van der Waals surface area contributed by atoms with Crippen LogP contribution in [0.5, 0.6) is 0 Å². The Kier molecular flexibility index (Phi) is 4.72. The van der Waals surface area contributed by atoms with Crippen molar-refractivity contribution in [3.63, 3.8) is 0 Å². The molecular formula is C12H10F3NO2. The predicted octanol–water partition coefficient (Wildman–Crippen LogP) is 2.74. The normalized spacial score (nSPS) is 10.2. The van der Waals surface area contributed by atoms with Crippen LogP contribution >= 0.6 is 0 Å². The molecule has 96 valence electrons. The van der Waals surface area contributed by atoms with Gasteiger partial charge in [-0.3, -0.25) is 4.79 Å². The van der Waals surface area contributed by atoms with Gasteiger partial charge in [0.2, 0.25) is 0 Å². The number of halogens is 3. The molecule has 1 aromatic rings. The van der Waals surface area contributed by atoms with Gasteiger partial charge in [-0.25, -0.2) is 13.2 Å². The Morgan fingerprint density at radius 3 is 2.67 bits per heavy atom. The standard InChI is InChI=1S/C12H10F3NO2/c1-2-18-11(17)5-7-3-8(12(14)15)4-10(13)9(7)6-16/h3-4,12H,2,5H2,1H3. The van der Waals surface area contributed by atoms with Crippen LogP contribution in [0.2, 0.25) is 0 Å². The quantitative estimate of drug-likeness (QED) is 0.779. The number of hydrogen-bond acceptors (Lipinski definition) is 3. The molecule has 0 bridgehead atoms. The fourth-order valence-corrected chi connectivity index (χ4v) is 1.45. The van der Waals surface area contributed by atoms with Crippen LogP contribution in [0.15, 0.2) is 12.1 Å². The smallest absolute Gasteiger partial charge is 0.310 e. The SMILES string of the molecule is CCOC(=O)Cc1cc(C(F)F)cc(F)c1C#N. The van der Waals surface area contributed by atoms with Gasteiger partial charge in [0.25, 0.3) is 6.43 Å². The van der Waals surface area contributed by atoms with Crippen LogP contribution in [0.25, 0.3) is 0 Å². The van der Waals surface area contributed by atoms with E-state index in [1.165, 1.54) is 0 Å². The van der Waals surface area contributed by atoms with Gasteiger partial charge in [0, 0.05) is 5.56 Å². The van der Waals surface area contributed by atoms with Crippen molar-refractivity contribution >= 4 is 5.97 Å². The summed E-state index contributed by atoms with van der Waals surface area (Å²) in [5, 5.41) is 8.74. The fraction of sp³-hybridized carbons (Fsp3) is 0.333. The topological polar surface area (TPSA) is 50.1 Å². The average molecular weight is 257 g/mol. The highest BCUT2D eigenvalue weighted by Crippen LogP contribution is 2.24. The fourth-order valence-electron chi connectivity index (χ4n) is 1.45. The first-order chi connectivity index (χ1) is 8.49. The summed E-state index contributed by atoms with van der Waals surface area (Å²) < 4.78 is 43.0. The molecule has 3 nitrogen and oxygen atoms in total. The first-order valence-corrected chi connectivity index (χ1v) is 5.15. The third-order valence-electron chi connectivity index (χ3n) is 2.20. The zero-order chi connectivity index (χ0) is 13.7. The van der Waals surface area contributed by atoms with E-state index in [0.29, 0.717) is 6.07 Å². The van der Waals surface area contributed by atoms with Crippen LogP contribution in [0.1, 0.15) is 30.0 Å². The molecule has 0 aliphatic carbocycles. The van der Waals surface area contributed by atoms with E-state index in [-0.39, 0.29) is 12.2 Å². The molecular weight excluding hydrogens is 247 g/mol. The van der Waals surface area contributed by atoms with Crippen LogP contribution in [-0.4, -0.2) is 12.6 Å². The maximum Gasteiger partial charge on any atom is 0.310 e. The first kappa shape index (κ1) is 14.0. The van der Waals surface area contributed by atoms with Crippen molar-refractivity contribution in [1.29, 1.82) is 5.26 Å². The Labute approximate surface area is 102 Å². The Hall–Kier alpha value is -2.03. The molecule has 0 spiro atoms. The monoisotopic (exact) mass is 257 g/mol. The summed E-state index contributed by atoms with van der Waals surface area (Å²) in [5.74, 6) is -1.76. The molecule has 0 saturated carbocycles. The van der Waals surface area contributed by atoms with E-state index in [0.717, 1.165) is 6.07 Å². The number of alkyl halides is 2. The van der Waals surface area contributed by atoms with E-state index in [1.807, 2.05) is 0 Å². The minimum Gasteiger partial charge on any atom is -0.466 e. The number of esters is 1. The van der Waals surface area contributed by atoms with Crippen molar-refractivity contribution in [1.82, 2.24) is 0 Å². The maximum absolute atomic E-state index is 13.4. The summed E-state index contributed by atoms with van der Waals surface area (Å²) in [7, 11) is 0. The van der Waals surface area contributed by atoms with Gasteiger partial charge >= 0.3 is 5.97 Å². The molecule has 0 amide bonds. The molecule has 1 rings (SSSR count). The highest BCUT2D eigenvalue weighted by Gasteiger charge is 2.18. The van der Waals surface area contributed by atoms with Gasteiger partial charge in [0.05, 0.1) is 18.6 Å². The van der Waals surface area contributed by atoms with Crippen molar-refractivity contribution in [2.45, 2.75) is 19.8 Å². The molecule has 1 aromatic carbocycles. The predicted molar refractivity (Wildman–Crippen MR) is 56.4 cm³/mol. The summed E-state index contributed by atoms with van der Waals surface area (Å²) in [4.78, 5) is 11.2. The minimum atomic E-state index is -2.87. The number of ether oxygens (including phenoxy) is 1. The van der Waals surface area contributed by atoms with Gasteiger partial charge in [-0.2, -0.15) is 5.26 Å². The highest BCUT2D eigenvalue weighted by atomic mass is 19.3. The zero-order valence-electron chi connectivity index (χ0n) is 9.54. The van der Waals surface area contributed by atoms with Gasteiger partial charge in [-0.15, -0.1) is 0 Å². The Morgan fingerprint density at radius 2 is 2.17 bits per heavy atom. The average Bonchev–Trinajstić information content (AvgIpc) is 2.28. The van der Waals surface area contributed by atoms with Crippen LogP contribution in [0.4, 0.5) is 13.2 Å². The van der Waals surface area contributed by atoms with Gasteiger partial charge in [-0.05, 0) is 24.6 Å². The lowest BCUT2D eigenvalue weighted by Crippen LogP contribution is -2.10. The van der Waals surface area contributed by atoms with Crippen LogP contribution in [0.3, 0.4) is 0 Å². The van der Waals surface area contributed by atoms with Crippen LogP contribution < -0.4 is 0 Å². The van der Waals surface area contributed by atoms with E-state index in [1.54, 1.807) is 13.0 Å². The maximum atomic E-state index is 13.4. The molecule has 0 unspecified atom stereocenters. The molecule has 18 heavy (non-hydrogen) atoms. The second kappa shape index (κ2) is 6.05. The number of carbonyl (C=O) groups is 1. The zero-order valence-corrected chi connectivity index (χ0v) is 9.54. The third kappa shape index (κ3) is 3.23. The van der Waals surface area contributed by atoms with Gasteiger partial charge < -0.3 is 4.74 Å². The second-order valence-corrected chi connectivity index (χ2v) is 3.43. The van der Waals surface area contributed by atoms with Gasteiger partial charge in [0.1, 0.15) is 11.9 Å². The van der Waals surface area contributed by atoms with Crippen molar-refractivity contribution < 1.29 is 22.7 Å². The van der Waals surface area contributed by atoms with E-state index in [2.05, 4.69) is 4.74 Å².